The number of benzene rings is 1. The Morgan fingerprint density at radius 2 is 2.33 bits per heavy atom. The molecule has 0 amide bonds. The molecule has 0 heterocycles. The number of hydrogen-bond donors (Lipinski definition) is 0. The van der Waals surface area contributed by atoms with E-state index in [0.717, 1.165) is 13.6 Å². The van der Waals surface area contributed by atoms with Crippen molar-refractivity contribution < 1.29 is 9.53 Å². The maximum absolute atomic E-state index is 11.1. The number of carbonyl (C=O) groups excluding carboxylic acids is 1. The fourth-order valence-electron chi connectivity index (χ4n) is 1.04. The molecule has 0 unspecified atom stereocenters. The first kappa shape index (κ1) is 12.5. The lowest BCUT2D eigenvalue weighted by Crippen LogP contribution is -2.05. The van der Waals surface area contributed by atoms with E-state index in [4.69, 9.17) is 5.26 Å². The Labute approximate surface area is 110 Å². The van der Waals surface area contributed by atoms with Crippen LogP contribution in [0.1, 0.15) is 11.1 Å². The number of halogens is 2. The molecule has 0 atom stereocenters. The third-order valence-electron chi connectivity index (χ3n) is 1.82. The van der Waals surface area contributed by atoms with Crippen LogP contribution in [0.25, 0.3) is 0 Å². The second-order valence-corrected chi connectivity index (χ2v) is 4.80. The Hall–Kier alpha value is -0.610. The Morgan fingerprint density at radius 3 is 2.87 bits per heavy atom. The summed E-state index contributed by atoms with van der Waals surface area (Å²) in [4.78, 5) is 11.1. The van der Waals surface area contributed by atoms with Crippen molar-refractivity contribution in [2.45, 2.75) is 6.42 Å². The van der Waals surface area contributed by atoms with Gasteiger partial charge in [-0.1, -0.05) is 15.9 Å². The van der Waals surface area contributed by atoms with E-state index in [2.05, 4.69) is 49.3 Å². The van der Waals surface area contributed by atoms with Gasteiger partial charge in [0.15, 0.2) is 0 Å². The number of hydrogen-bond acceptors (Lipinski definition) is 3. The normalized spacial score (nSPS) is 9.47. The van der Waals surface area contributed by atoms with E-state index >= 15 is 0 Å². The van der Waals surface area contributed by atoms with Gasteiger partial charge in [-0.15, -0.1) is 0 Å². The van der Waals surface area contributed by atoms with Crippen LogP contribution < -0.4 is 0 Å². The van der Waals surface area contributed by atoms with Crippen LogP contribution in [-0.4, -0.2) is 13.1 Å². The van der Waals surface area contributed by atoms with Crippen molar-refractivity contribution >= 4 is 44.5 Å². The van der Waals surface area contributed by atoms with Gasteiger partial charge < -0.3 is 4.74 Å². The minimum Gasteiger partial charge on any atom is -0.469 e. The fourth-order valence-corrected chi connectivity index (χ4v) is 2.17. The SMILES string of the molecule is COC(=O)Cc1cc(I)c(C#N)cc1Br. The summed E-state index contributed by atoms with van der Waals surface area (Å²) in [6, 6.07) is 5.59. The summed E-state index contributed by atoms with van der Waals surface area (Å²) in [5.74, 6) is -0.295. The number of nitrogens with zero attached hydrogens (tertiary/aromatic N) is 1. The topological polar surface area (TPSA) is 50.1 Å². The van der Waals surface area contributed by atoms with Crippen molar-refractivity contribution in [2.75, 3.05) is 7.11 Å². The first-order chi connectivity index (χ1) is 7.08. The van der Waals surface area contributed by atoms with E-state index < -0.39 is 0 Å². The van der Waals surface area contributed by atoms with E-state index in [0.29, 0.717) is 5.56 Å². The molecule has 0 bridgehead atoms. The van der Waals surface area contributed by atoms with Gasteiger partial charge in [-0.25, -0.2) is 0 Å². The summed E-state index contributed by atoms with van der Waals surface area (Å²) >= 11 is 5.38. The molecule has 0 fully saturated rings. The van der Waals surface area contributed by atoms with Crippen LogP contribution in [-0.2, 0) is 16.0 Å². The van der Waals surface area contributed by atoms with Crippen LogP contribution in [0.5, 0.6) is 0 Å². The Kier molecular flexibility index (Phi) is 4.54. The molecule has 3 nitrogen and oxygen atoms in total. The number of esters is 1. The first-order valence-electron chi connectivity index (χ1n) is 4.03. The number of rotatable bonds is 2. The van der Waals surface area contributed by atoms with Crippen molar-refractivity contribution in [1.82, 2.24) is 0 Å². The van der Waals surface area contributed by atoms with Gasteiger partial charge in [0.2, 0.25) is 0 Å². The Balaban J connectivity index is 3.06. The second-order valence-electron chi connectivity index (χ2n) is 2.79. The smallest absolute Gasteiger partial charge is 0.310 e. The fraction of sp³-hybridized carbons (Fsp3) is 0.200. The van der Waals surface area contributed by atoms with Crippen molar-refractivity contribution in [3.63, 3.8) is 0 Å². The standard InChI is InChI=1S/C10H7BrINO2/c1-15-10(14)4-6-3-9(12)7(5-13)2-8(6)11/h2-3H,4H2,1H3. The lowest BCUT2D eigenvalue weighted by atomic mass is 10.1. The summed E-state index contributed by atoms with van der Waals surface area (Å²) in [5.41, 5.74) is 1.42. The van der Waals surface area contributed by atoms with Gasteiger partial charge in [-0.3, -0.25) is 4.79 Å². The predicted molar refractivity (Wildman–Crippen MR) is 67.3 cm³/mol. The average Bonchev–Trinajstić information content (AvgIpc) is 2.22. The quantitative estimate of drug-likeness (QED) is 0.586. The van der Waals surface area contributed by atoms with Gasteiger partial charge in [-0.2, -0.15) is 5.26 Å². The molecule has 1 aromatic carbocycles. The minimum absolute atomic E-state index is 0.207. The molecule has 0 saturated carbocycles. The van der Waals surface area contributed by atoms with Crippen molar-refractivity contribution in [2.24, 2.45) is 0 Å². The van der Waals surface area contributed by atoms with Gasteiger partial charge in [0.25, 0.3) is 0 Å². The summed E-state index contributed by atoms with van der Waals surface area (Å²) in [6.07, 6.45) is 0.207. The molecule has 0 N–H and O–H groups in total. The van der Waals surface area contributed by atoms with Gasteiger partial charge in [0.1, 0.15) is 6.07 Å². The molecule has 1 aromatic rings. The summed E-state index contributed by atoms with van der Waals surface area (Å²) in [5, 5.41) is 8.79. The van der Waals surface area contributed by atoms with Gasteiger partial charge >= 0.3 is 5.97 Å². The Bertz CT molecular complexity index is 440. The number of ether oxygens (including phenoxy) is 1. The second kappa shape index (κ2) is 5.47. The largest absolute Gasteiger partial charge is 0.469 e. The van der Waals surface area contributed by atoms with E-state index in [9.17, 15) is 4.79 Å². The zero-order chi connectivity index (χ0) is 11.4. The lowest BCUT2D eigenvalue weighted by molar-refractivity contribution is -0.139. The molecule has 0 spiro atoms. The van der Waals surface area contributed by atoms with Gasteiger partial charge in [0.05, 0.1) is 19.1 Å². The van der Waals surface area contributed by atoms with Crippen molar-refractivity contribution in [3.05, 3.63) is 31.3 Å². The molecule has 0 radical (unpaired) electrons. The van der Waals surface area contributed by atoms with Crippen molar-refractivity contribution in [1.29, 1.82) is 5.26 Å². The van der Waals surface area contributed by atoms with E-state index in [-0.39, 0.29) is 12.4 Å². The zero-order valence-corrected chi connectivity index (χ0v) is 11.6. The van der Waals surface area contributed by atoms with Gasteiger partial charge in [0, 0.05) is 8.04 Å². The molecule has 15 heavy (non-hydrogen) atoms. The molecular formula is C10H7BrINO2. The molecule has 1 rings (SSSR count). The average molecular weight is 380 g/mol. The highest BCUT2D eigenvalue weighted by Crippen LogP contribution is 2.23. The molecule has 0 aromatic heterocycles. The summed E-state index contributed by atoms with van der Waals surface area (Å²) < 4.78 is 6.16. The minimum atomic E-state index is -0.295. The molecular weight excluding hydrogens is 373 g/mol. The highest BCUT2D eigenvalue weighted by atomic mass is 127. The van der Waals surface area contributed by atoms with Crippen LogP contribution in [0, 0.1) is 14.9 Å². The van der Waals surface area contributed by atoms with Crippen LogP contribution in [0.2, 0.25) is 0 Å². The van der Waals surface area contributed by atoms with Crippen LogP contribution in [0.15, 0.2) is 16.6 Å². The molecule has 5 heteroatoms. The highest BCUT2D eigenvalue weighted by Gasteiger charge is 2.10. The maximum atomic E-state index is 11.1. The predicted octanol–water partition coefficient (Wildman–Crippen LogP) is 2.64. The number of nitriles is 1. The number of methoxy groups -OCH3 is 1. The Morgan fingerprint density at radius 1 is 1.67 bits per heavy atom. The van der Waals surface area contributed by atoms with Gasteiger partial charge in [-0.05, 0) is 40.3 Å². The maximum Gasteiger partial charge on any atom is 0.310 e. The number of carbonyl (C=O) groups is 1. The monoisotopic (exact) mass is 379 g/mol. The molecule has 0 saturated heterocycles. The van der Waals surface area contributed by atoms with E-state index in [1.165, 1.54) is 7.11 Å². The third kappa shape index (κ3) is 3.18. The summed E-state index contributed by atoms with van der Waals surface area (Å²) in [6.45, 7) is 0. The molecule has 0 aliphatic heterocycles. The van der Waals surface area contributed by atoms with Crippen LogP contribution in [0.4, 0.5) is 0 Å². The highest BCUT2D eigenvalue weighted by molar-refractivity contribution is 14.1. The zero-order valence-electron chi connectivity index (χ0n) is 7.88. The molecule has 0 aliphatic carbocycles. The third-order valence-corrected chi connectivity index (χ3v) is 3.45. The van der Waals surface area contributed by atoms with Crippen LogP contribution >= 0.6 is 38.5 Å². The molecule has 78 valence electrons. The van der Waals surface area contributed by atoms with E-state index in [1.54, 1.807) is 12.1 Å². The van der Waals surface area contributed by atoms with Crippen LogP contribution in [0.3, 0.4) is 0 Å². The molecule has 0 aliphatic rings. The first-order valence-corrected chi connectivity index (χ1v) is 5.90. The van der Waals surface area contributed by atoms with E-state index in [1.807, 2.05) is 0 Å². The lowest BCUT2D eigenvalue weighted by Gasteiger charge is -2.05. The van der Waals surface area contributed by atoms with Crippen molar-refractivity contribution in [3.8, 4) is 6.07 Å². The summed E-state index contributed by atoms with van der Waals surface area (Å²) in [7, 11) is 1.35.